The van der Waals surface area contributed by atoms with Gasteiger partial charge in [0.1, 0.15) is 98.9 Å². The second kappa shape index (κ2) is 48.9. The standard InChI is InChI=1S/C92H136O8/c1-17-29-33-37-41-45-49-53-73-77-65-79(87(95-59-23-7)69(13)85(77)93-57-21-5)74(54-50-46-42-38-34-30-18-2)81-67-83(91(99-63-27-11)71(15)89(81)97-61-25-9)76(56-52-48-44-40-36-32-20-4)84-68-82(90(98-62-26-10)72(16)92(84)100-64-28-12)75(55-51-47-43-39-35-31-19-3)80-66-78(73)86(94-58-22-6)70(14)88(80)96-60-24-8/h21-28,65-68,73-76H,5-12,17-20,29-64H2,1-4,13-16H3. The summed E-state index contributed by atoms with van der Waals surface area (Å²) in [6.45, 7) is 54.4. The van der Waals surface area contributed by atoms with Gasteiger partial charge in [0.05, 0.1) is 0 Å². The third-order valence-corrected chi connectivity index (χ3v) is 20.2. The summed E-state index contributed by atoms with van der Waals surface area (Å²) in [7, 11) is 0. The second-order valence-corrected chi connectivity index (χ2v) is 28.0. The second-order valence-electron chi connectivity index (χ2n) is 28.0. The molecule has 8 nitrogen and oxygen atoms in total. The Morgan fingerprint density at radius 1 is 0.220 bits per heavy atom. The summed E-state index contributed by atoms with van der Waals surface area (Å²) in [6.07, 6.45) is 50.7. The Balaban J connectivity index is 2.26. The van der Waals surface area contributed by atoms with E-state index < -0.39 is 0 Å². The molecular weight excluding hydrogens is 1230 g/mol. The van der Waals surface area contributed by atoms with E-state index in [0.717, 1.165) is 215 Å². The number of rotatable bonds is 56. The van der Waals surface area contributed by atoms with E-state index in [-0.39, 0.29) is 23.7 Å². The SMILES string of the molecule is C=CCOc1c2cc(c(OCC=C)c1C)C(CCCCCCCCC)c1cc(c(OCC=C)c(C)c1OCC=C)C(CCCCCCCCC)c1cc(c(OCC=C)c(C)c1OCC=C)C(CCCCCCCCC)c1cc(c(OCC=C)c(C)c1OCC=C)C2CCCCCCCCC. The van der Waals surface area contributed by atoms with Gasteiger partial charge in [0, 0.05) is 90.4 Å². The molecular formula is C92H136O8. The lowest BCUT2D eigenvalue weighted by atomic mass is 9.74. The topological polar surface area (TPSA) is 73.8 Å². The molecule has 0 aliphatic heterocycles. The minimum atomic E-state index is -0.239. The van der Waals surface area contributed by atoms with Crippen molar-refractivity contribution in [3.63, 3.8) is 0 Å². The van der Waals surface area contributed by atoms with E-state index in [4.69, 9.17) is 37.9 Å². The van der Waals surface area contributed by atoms with Gasteiger partial charge in [0.2, 0.25) is 0 Å². The summed E-state index contributed by atoms with van der Waals surface area (Å²) in [4.78, 5) is 0. The van der Waals surface area contributed by atoms with Crippen molar-refractivity contribution in [2.24, 2.45) is 0 Å². The summed E-state index contributed by atoms with van der Waals surface area (Å²) < 4.78 is 57.8. The van der Waals surface area contributed by atoms with Gasteiger partial charge in [-0.25, -0.2) is 0 Å². The molecule has 1 aliphatic rings. The summed E-state index contributed by atoms with van der Waals surface area (Å²) in [5.74, 6) is 5.42. The first kappa shape index (κ1) is 83.9. The molecule has 8 heteroatoms. The van der Waals surface area contributed by atoms with Gasteiger partial charge in [-0.1, -0.05) is 309 Å². The van der Waals surface area contributed by atoms with Crippen LogP contribution in [0.25, 0.3) is 0 Å². The first-order valence-corrected chi connectivity index (χ1v) is 39.6. The van der Waals surface area contributed by atoms with Crippen LogP contribution in [0.4, 0.5) is 0 Å². The van der Waals surface area contributed by atoms with Gasteiger partial charge in [0.15, 0.2) is 0 Å². The van der Waals surface area contributed by atoms with Gasteiger partial charge in [-0.2, -0.15) is 0 Å². The van der Waals surface area contributed by atoms with Crippen molar-refractivity contribution in [3.05, 3.63) is 192 Å². The lowest BCUT2D eigenvalue weighted by Crippen LogP contribution is -2.18. The summed E-state index contributed by atoms with van der Waals surface area (Å²) in [6, 6.07) is 9.93. The quantitative estimate of drug-likeness (QED) is 0.0320. The van der Waals surface area contributed by atoms with Crippen LogP contribution in [0.15, 0.2) is 126 Å². The fourth-order valence-corrected chi connectivity index (χ4v) is 15.2. The third-order valence-electron chi connectivity index (χ3n) is 20.2. The molecule has 4 aromatic rings. The van der Waals surface area contributed by atoms with E-state index in [1.807, 2.05) is 48.6 Å². The molecule has 1 aliphatic carbocycles. The average molecular weight is 1370 g/mol. The largest absolute Gasteiger partial charge is 0.489 e. The predicted octanol–water partition coefficient (Wildman–Crippen LogP) is 26.8. The minimum absolute atomic E-state index is 0.239. The Kier molecular flexibility index (Phi) is 41.0. The zero-order chi connectivity index (χ0) is 72.3. The normalized spacial score (nSPS) is 14.7. The maximum atomic E-state index is 7.22. The molecule has 0 atom stereocenters. The first-order chi connectivity index (χ1) is 49.0. The molecule has 0 fully saturated rings. The van der Waals surface area contributed by atoms with E-state index in [2.05, 4.69) is 132 Å². The molecule has 0 radical (unpaired) electrons. The zero-order valence-electron chi connectivity index (χ0n) is 64.4. The summed E-state index contributed by atoms with van der Waals surface area (Å²) in [5, 5.41) is 0. The van der Waals surface area contributed by atoms with Crippen LogP contribution in [0.3, 0.4) is 0 Å². The highest BCUT2D eigenvalue weighted by Crippen LogP contribution is 2.57. The number of hydrogen-bond acceptors (Lipinski definition) is 8. The van der Waals surface area contributed by atoms with Crippen LogP contribution in [0.5, 0.6) is 46.0 Å². The van der Waals surface area contributed by atoms with Gasteiger partial charge in [-0.15, -0.1) is 0 Å². The highest BCUT2D eigenvalue weighted by Gasteiger charge is 2.38. The van der Waals surface area contributed by atoms with E-state index in [0.29, 0.717) is 52.9 Å². The molecule has 5 rings (SSSR count). The average Bonchev–Trinajstić information content (AvgIpc) is 0.734. The molecule has 0 saturated heterocycles. The van der Waals surface area contributed by atoms with Gasteiger partial charge in [-0.3, -0.25) is 0 Å². The Morgan fingerprint density at radius 2 is 0.350 bits per heavy atom. The fourth-order valence-electron chi connectivity index (χ4n) is 15.2. The molecule has 0 spiro atoms. The van der Waals surface area contributed by atoms with Gasteiger partial charge < -0.3 is 37.9 Å². The number of fused-ring (bicyclic) bond motifs is 8. The van der Waals surface area contributed by atoms with Crippen molar-refractivity contribution in [1.29, 1.82) is 0 Å². The van der Waals surface area contributed by atoms with Crippen molar-refractivity contribution in [3.8, 4) is 46.0 Å². The van der Waals surface area contributed by atoms with E-state index >= 15 is 0 Å². The third kappa shape index (κ3) is 24.7. The van der Waals surface area contributed by atoms with Crippen LogP contribution in [-0.4, -0.2) is 52.9 Å². The minimum Gasteiger partial charge on any atom is -0.489 e. The molecule has 0 aromatic heterocycles. The van der Waals surface area contributed by atoms with E-state index in [9.17, 15) is 0 Å². The number of unbranched alkanes of at least 4 members (excludes halogenated alkanes) is 24. The lowest BCUT2D eigenvalue weighted by molar-refractivity contribution is 0.323. The van der Waals surface area contributed by atoms with E-state index in [1.165, 1.54) is 103 Å². The Hall–Kier alpha value is -6.80. The fraction of sp³-hybridized carbons (Fsp3) is 0.565. The molecule has 100 heavy (non-hydrogen) atoms. The molecule has 4 aromatic carbocycles. The van der Waals surface area contributed by atoms with Crippen LogP contribution in [0, 0.1) is 27.7 Å². The summed E-state index contributed by atoms with van der Waals surface area (Å²) in [5.41, 5.74) is 12.5. The van der Waals surface area contributed by atoms with Gasteiger partial charge in [-0.05, 0) is 77.6 Å². The van der Waals surface area contributed by atoms with Crippen LogP contribution in [0.2, 0.25) is 0 Å². The van der Waals surface area contributed by atoms with Crippen LogP contribution in [0.1, 0.15) is 324 Å². The molecule has 0 saturated carbocycles. The smallest absolute Gasteiger partial charge is 0.130 e. The zero-order valence-corrected chi connectivity index (χ0v) is 64.4. The predicted molar refractivity (Wildman–Crippen MR) is 428 cm³/mol. The monoisotopic (exact) mass is 1370 g/mol. The number of ether oxygens (including phenoxy) is 8. The molecule has 0 N–H and O–H groups in total. The van der Waals surface area contributed by atoms with Crippen LogP contribution < -0.4 is 37.9 Å². The Bertz CT molecular complexity index is 2560. The van der Waals surface area contributed by atoms with Crippen molar-refractivity contribution < 1.29 is 37.9 Å². The first-order valence-electron chi connectivity index (χ1n) is 39.6. The van der Waals surface area contributed by atoms with Crippen molar-refractivity contribution >= 4 is 0 Å². The van der Waals surface area contributed by atoms with Crippen molar-refractivity contribution in [1.82, 2.24) is 0 Å². The van der Waals surface area contributed by atoms with Gasteiger partial charge >= 0.3 is 0 Å². The maximum Gasteiger partial charge on any atom is 0.130 e. The highest BCUT2D eigenvalue weighted by atomic mass is 16.5. The van der Waals surface area contributed by atoms with Crippen LogP contribution in [-0.2, 0) is 0 Å². The molecule has 552 valence electrons. The molecule has 0 unspecified atom stereocenters. The number of benzene rings is 4. The van der Waals surface area contributed by atoms with Crippen LogP contribution >= 0.6 is 0 Å². The maximum absolute atomic E-state index is 7.22. The van der Waals surface area contributed by atoms with Crippen molar-refractivity contribution in [2.75, 3.05) is 52.9 Å². The Labute approximate surface area is 610 Å². The summed E-state index contributed by atoms with van der Waals surface area (Å²) >= 11 is 0. The number of hydrogen-bond donors (Lipinski definition) is 0. The van der Waals surface area contributed by atoms with Crippen molar-refractivity contribution in [2.45, 2.75) is 285 Å². The Morgan fingerprint density at radius 3 is 0.480 bits per heavy atom. The highest BCUT2D eigenvalue weighted by molar-refractivity contribution is 5.69. The molecule has 0 heterocycles. The molecule has 8 bridgehead atoms. The molecule has 0 amide bonds. The van der Waals surface area contributed by atoms with E-state index in [1.54, 1.807) is 0 Å². The lowest BCUT2D eigenvalue weighted by Gasteiger charge is -2.34. The van der Waals surface area contributed by atoms with Gasteiger partial charge in [0.25, 0.3) is 0 Å².